The number of benzene rings is 1. The molecule has 1 atom stereocenters. The molecule has 0 amide bonds. The molecular formula is C12H13F3OS. The first kappa shape index (κ1) is 14.1. The molecule has 1 aromatic rings. The fourth-order valence-electron chi connectivity index (χ4n) is 1.41. The molecular weight excluding hydrogens is 249 g/mol. The van der Waals surface area contributed by atoms with Gasteiger partial charge >= 0.3 is 5.51 Å². The van der Waals surface area contributed by atoms with E-state index in [4.69, 9.17) is 4.18 Å². The van der Waals surface area contributed by atoms with Crippen molar-refractivity contribution >= 4 is 12.0 Å². The second-order valence-electron chi connectivity index (χ2n) is 3.70. The molecule has 0 bridgehead atoms. The third kappa shape index (κ3) is 4.44. The third-order valence-corrected chi connectivity index (χ3v) is 2.88. The van der Waals surface area contributed by atoms with E-state index in [1.807, 2.05) is 0 Å². The minimum Gasteiger partial charge on any atom is -0.296 e. The predicted octanol–water partition coefficient (Wildman–Crippen LogP) is 4.66. The molecule has 0 fully saturated rings. The maximum absolute atomic E-state index is 12.2. The van der Waals surface area contributed by atoms with Crippen LogP contribution in [-0.2, 0) is 9.78 Å². The first-order chi connectivity index (χ1) is 7.87. The summed E-state index contributed by atoms with van der Waals surface area (Å²) >= 11 is -0.472. The fraction of sp³-hybridized carbons (Fsp3) is 0.333. The van der Waals surface area contributed by atoms with Crippen LogP contribution in [0.25, 0.3) is 0 Å². The smallest absolute Gasteiger partial charge is 0.296 e. The van der Waals surface area contributed by atoms with Gasteiger partial charge < -0.3 is 0 Å². The maximum atomic E-state index is 12.2. The van der Waals surface area contributed by atoms with E-state index in [-0.39, 0.29) is 0 Å². The third-order valence-electron chi connectivity index (χ3n) is 2.24. The molecule has 0 spiro atoms. The van der Waals surface area contributed by atoms with Crippen LogP contribution in [-0.4, -0.2) is 5.51 Å². The number of hydrogen-bond acceptors (Lipinski definition) is 2. The minimum atomic E-state index is -4.41. The molecule has 0 N–H and O–H groups in total. The highest BCUT2D eigenvalue weighted by molar-refractivity contribution is 7.95. The molecule has 0 saturated carbocycles. The lowest BCUT2D eigenvalue weighted by Crippen LogP contribution is -2.24. The topological polar surface area (TPSA) is 9.23 Å². The molecule has 0 aliphatic rings. The van der Waals surface area contributed by atoms with Gasteiger partial charge in [-0.3, -0.25) is 4.18 Å². The molecule has 0 aliphatic carbocycles. The largest absolute Gasteiger partial charge is 0.468 e. The Morgan fingerprint density at radius 1 is 1.29 bits per heavy atom. The Labute approximate surface area is 103 Å². The van der Waals surface area contributed by atoms with Crippen LogP contribution in [0.5, 0.6) is 0 Å². The Morgan fingerprint density at radius 2 is 1.88 bits per heavy atom. The molecule has 0 heterocycles. The van der Waals surface area contributed by atoms with E-state index in [0.717, 1.165) is 0 Å². The standard InChI is InChI=1S/C12H13F3OS/c1-3-9-11(2,16-17-12(13,14)15)10-7-5-4-6-8-10/h3-8H,1,9H2,2H3. The summed E-state index contributed by atoms with van der Waals surface area (Å²) in [5, 5.41) is 0. The summed E-state index contributed by atoms with van der Waals surface area (Å²) in [6.07, 6.45) is 1.85. The lowest BCUT2D eigenvalue weighted by atomic mass is 9.93. The van der Waals surface area contributed by atoms with Gasteiger partial charge in [-0.1, -0.05) is 36.4 Å². The zero-order valence-corrected chi connectivity index (χ0v) is 10.1. The van der Waals surface area contributed by atoms with Crippen molar-refractivity contribution in [3.63, 3.8) is 0 Å². The molecule has 0 aliphatic heterocycles. The van der Waals surface area contributed by atoms with Gasteiger partial charge in [-0.25, -0.2) is 0 Å². The zero-order chi connectivity index (χ0) is 12.9. The van der Waals surface area contributed by atoms with Gasteiger partial charge in [0.15, 0.2) is 0 Å². The average molecular weight is 262 g/mol. The molecule has 1 unspecified atom stereocenters. The first-order valence-electron chi connectivity index (χ1n) is 4.97. The lowest BCUT2D eigenvalue weighted by molar-refractivity contribution is -0.0468. The monoisotopic (exact) mass is 262 g/mol. The molecule has 0 radical (unpaired) electrons. The van der Waals surface area contributed by atoms with Crippen LogP contribution in [0.1, 0.15) is 18.9 Å². The van der Waals surface area contributed by atoms with Crippen LogP contribution < -0.4 is 0 Å². The van der Waals surface area contributed by atoms with E-state index < -0.39 is 23.2 Å². The van der Waals surface area contributed by atoms with Crippen LogP contribution in [0, 0.1) is 0 Å². The zero-order valence-electron chi connectivity index (χ0n) is 9.33. The number of hydrogen-bond donors (Lipinski definition) is 0. The Morgan fingerprint density at radius 3 is 2.35 bits per heavy atom. The quantitative estimate of drug-likeness (QED) is 0.563. The minimum absolute atomic E-state index is 0.306. The summed E-state index contributed by atoms with van der Waals surface area (Å²) in [7, 11) is 0. The van der Waals surface area contributed by atoms with Crippen molar-refractivity contribution < 1.29 is 17.4 Å². The van der Waals surface area contributed by atoms with Gasteiger partial charge in [0.1, 0.15) is 17.6 Å². The molecule has 0 aromatic heterocycles. The summed E-state index contributed by atoms with van der Waals surface area (Å²) < 4.78 is 41.4. The van der Waals surface area contributed by atoms with Gasteiger partial charge in [-0.15, -0.1) is 6.58 Å². The van der Waals surface area contributed by atoms with E-state index in [2.05, 4.69) is 6.58 Å². The van der Waals surface area contributed by atoms with Gasteiger partial charge in [0.2, 0.25) is 0 Å². The Hall–Kier alpha value is -0.940. The molecule has 17 heavy (non-hydrogen) atoms. The molecule has 94 valence electrons. The second-order valence-corrected chi connectivity index (χ2v) is 4.50. The molecule has 0 saturated heterocycles. The highest BCUT2D eigenvalue weighted by Crippen LogP contribution is 2.40. The van der Waals surface area contributed by atoms with E-state index in [0.29, 0.717) is 12.0 Å². The Kier molecular flexibility index (Phi) is 4.65. The summed E-state index contributed by atoms with van der Waals surface area (Å²) in [5.41, 5.74) is -4.74. The van der Waals surface area contributed by atoms with Crippen molar-refractivity contribution in [2.75, 3.05) is 0 Å². The van der Waals surface area contributed by atoms with E-state index in [1.165, 1.54) is 0 Å². The molecule has 1 aromatic carbocycles. The predicted molar refractivity (Wildman–Crippen MR) is 63.3 cm³/mol. The van der Waals surface area contributed by atoms with Crippen LogP contribution in [0.4, 0.5) is 13.2 Å². The molecule has 5 heteroatoms. The SMILES string of the molecule is C=CCC(C)(OSC(F)(F)F)c1ccccc1. The van der Waals surface area contributed by atoms with Crippen molar-refractivity contribution in [1.82, 2.24) is 0 Å². The van der Waals surface area contributed by atoms with Gasteiger partial charge in [0.05, 0.1) is 0 Å². The fourth-order valence-corrected chi connectivity index (χ4v) is 1.85. The van der Waals surface area contributed by atoms with Gasteiger partial charge in [0.25, 0.3) is 0 Å². The van der Waals surface area contributed by atoms with E-state index >= 15 is 0 Å². The average Bonchev–Trinajstić information content (AvgIpc) is 2.27. The summed E-state index contributed by atoms with van der Waals surface area (Å²) in [6.45, 7) is 5.16. The van der Waals surface area contributed by atoms with Gasteiger partial charge in [-0.2, -0.15) is 13.2 Å². The summed E-state index contributed by atoms with van der Waals surface area (Å²) in [5.74, 6) is 0. The van der Waals surface area contributed by atoms with Crippen molar-refractivity contribution in [1.29, 1.82) is 0 Å². The Bertz CT molecular complexity index is 364. The van der Waals surface area contributed by atoms with Crippen molar-refractivity contribution in [3.8, 4) is 0 Å². The highest BCUT2D eigenvalue weighted by atomic mass is 32.2. The number of rotatable bonds is 5. The molecule has 1 nitrogen and oxygen atoms in total. The number of halogens is 3. The van der Waals surface area contributed by atoms with E-state index in [9.17, 15) is 13.2 Å². The lowest BCUT2D eigenvalue weighted by Gasteiger charge is -2.28. The van der Waals surface area contributed by atoms with Crippen LogP contribution >= 0.6 is 12.0 Å². The second kappa shape index (κ2) is 5.60. The first-order valence-corrected chi connectivity index (χ1v) is 5.71. The summed E-state index contributed by atoms with van der Waals surface area (Å²) in [4.78, 5) is 0. The highest BCUT2D eigenvalue weighted by Gasteiger charge is 2.36. The van der Waals surface area contributed by atoms with Gasteiger partial charge in [0, 0.05) is 0 Å². The van der Waals surface area contributed by atoms with Gasteiger partial charge in [-0.05, 0) is 18.9 Å². The Balaban J connectivity index is 2.86. The normalized spacial score (nSPS) is 15.3. The summed E-state index contributed by atoms with van der Waals surface area (Å²) in [6, 6.07) is 8.80. The van der Waals surface area contributed by atoms with Crippen molar-refractivity contribution in [2.24, 2.45) is 0 Å². The van der Waals surface area contributed by atoms with Crippen LogP contribution in [0.2, 0.25) is 0 Å². The van der Waals surface area contributed by atoms with E-state index in [1.54, 1.807) is 43.3 Å². The van der Waals surface area contributed by atoms with Crippen LogP contribution in [0.15, 0.2) is 43.0 Å². The maximum Gasteiger partial charge on any atom is 0.468 e. The van der Waals surface area contributed by atoms with Crippen LogP contribution in [0.3, 0.4) is 0 Å². The number of alkyl halides is 3. The van der Waals surface area contributed by atoms with Crippen molar-refractivity contribution in [3.05, 3.63) is 48.6 Å². The molecule has 1 rings (SSSR count). The van der Waals surface area contributed by atoms with Crippen molar-refractivity contribution in [2.45, 2.75) is 24.5 Å².